The second-order valence-corrected chi connectivity index (χ2v) is 4.62. The number of aliphatic imine (C=N–C) groups is 1. The number of hydrogen-bond donors (Lipinski definition) is 3. The van der Waals surface area contributed by atoms with E-state index >= 15 is 0 Å². The molecule has 0 aliphatic rings. The van der Waals surface area contributed by atoms with Gasteiger partial charge in [-0.15, -0.1) is 0 Å². The van der Waals surface area contributed by atoms with Crippen LogP contribution in [0.5, 0.6) is 5.75 Å². The van der Waals surface area contributed by atoms with Crippen LogP contribution >= 0.6 is 0 Å². The summed E-state index contributed by atoms with van der Waals surface area (Å²) in [6, 6.07) is 3.10. The number of hydrogen-bond acceptors (Lipinski definition) is 4. The fourth-order valence-electron chi connectivity index (χ4n) is 1.66. The summed E-state index contributed by atoms with van der Waals surface area (Å²) in [4.78, 5) is 15.4. The molecular weight excluding hydrogens is 322 g/mol. The highest BCUT2D eigenvalue weighted by atomic mass is 19.1. The third kappa shape index (κ3) is 7.73. The van der Waals surface area contributed by atoms with Crippen LogP contribution in [0.1, 0.15) is 0 Å². The lowest BCUT2D eigenvalue weighted by Gasteiger charge is -2.12. The number of nitrogens with one attached hydrogen (secondary N) is 3. The van der Waals surface area contributed by atoms with Crippen molar-refractivity contribution in [1.82, 2.24) is 16.0 Å². The molecule has 1 aromatic carbocycles. The predicted molar refractivity (Wildman–Crippen MR) is 86.1 cm³/mol. The lowest BCUT2D eigenvalue weighted by atomic mass is 10.3. The number of methoxy groups -OCH3 is 1. The first-order chi connectivity index (χ1) is 11.6. The van der Waals surface area contributed by atoms with Crippen LogP contribution in [0, 0.1) is 11.6 Å². The fourth-order valence-corrected chi connectivity index (χ4v) is 1.66. The van der Waals surface area contributed by atoms with E-state index in [1.54, 1.807) is 14.2 Å². The zero-order chi connectivity index (χ0) is 17.8. The zero-order valence-electron chi connectivity index (χ0n) is 13.7. The van der Waals surface area contributed by atoms with E-state index in [0.717, 1.165) is 12.1 Å². The first kappa shape index (κ1) is 19.6. The van der Waals surface area contributed by atoms with Crippen LogP contribution < -0.4 is 20.7 Å². The van der Waals surface area contributed by atoms with Crippen molar-refractivity contribution in [2.45, 2.75) is 0 Å². The van der Waals surface area contributed by atoms with E-state index in [1.807, 2.05) is 0 Å². The fraction of sp³-hybridized carbons (Fsp3) is 0.467. The molecule has 134 valence electrons. The van der Waals surface area contributed by atoms with E-state index in [1.165, 1.54) is 6.07 Å². The molecule has 0 radical (unpaired) electrons. The minimum atomic E-state index is -0.759. The monoisotopic (exact) mass is 344 g/mol. The molecule has 1 amide bonds. The van der Waals surface area contributed by atoms with Crippen LogP contribution in [-0.2, 0) is 9.53 Å². The lowest BCUT2D eigenvalue weighted by Crippen LogP contribution is -2.44. The maximum Gasteiger partial charge on any atom is 0.239 e. The van der Waals surface area contributed by atoms with Gasteiger partial charge in [0.25, 0.3) is 0 Å². The molecule has 7 nitrogen and oxygen atoms in total. The molecule has 0 fully saturated rings. The van der Waals surface area contributed by atoms with Gasteiger partial charge < -0.3 is 25.4 Å². The van der Waals surface area contributed by atoms with E-state index in [0.29, 0.717) is 25.7 Å². The number of nitrogens with zero attached hydrogens (tertiary/aromatic N) is 1. The van der Waals surface area contributed by atoms with Gasteiger partial charge in [-0.25, -0.2) is 8.78 Å². The molecule has 0 atom stereocenters. The number of rotatable bonds is 9. The summed E-state index contributed by atoms with van der Waals surface area (Å²) >= 11 is 0. The number of guanidine groups is 1. The maximum absolute atomic E-state index is 13.4. The third-order valence-electron chi connectivity index (χ3n) is 2.81. The largest absolute Gasteiger partial charge is 0.489 e. The Morgan fingerprint density at radius 3 is 2.58 bits per heavy atom. The normalized spacial score (nSPS) is 11.1. The highest BCUT2D eigenvalue weighted by molar-refractivity contribution is 5.86. The number of carbonyl (C=O) groups is 1. The average molecular weight is 344 g/mol. The molecule has 24 heavy (non-hydrogen) atoms. The average Bonchev–Trinajstić information content (AvgIpc) is 2.56. The SMILES string of the molecule is CN=C(NCCOc1ccc(F)cc1F)NCC(=O)NCCOC. The first-order valence-electron chi connectivity index (χ1n) is 7.34. The van der Waals surface area contributed by atoms with E-state index in [4.69, 9.17) is 9.47 Å². The molecule has 0 spiro atoms. The molecule has 3 N–H and O–H groups in total. The van der Waals surface area contributed by atoms with Crippen molar-refractivity contribution in [3.63, 3.8) is 0 Å². The summed E-state index contributed by atoms with van der Waals surface area (Å²) in [5.41, 5.74) is 0. The number of halogens is 2. The highest BCUT2D eigenvalue weighted by Crippen LogP contribution is 2.17. The van der Waals surface area contributed by atoms with Gasteiger partial charge in [-0.3, -0.25) is 9.79 Å². The third-order valence-corrected chi connectivity index (χ3v) is 2.81. The van der Waals surface area contributed by atoms with E-state index in [9.17, 15) is 13.6 Å². The summed E-state index contributed by atoms with van der Waals surface area (Å²) < 4.78 is 36.1. The molecule has 0 aliphatic carbocycles. The van der Waals surface area contributed by atoms with Crippen molar-refractivity contribution in [3.05, 3.63) is 29.8 Å². The summed E-state index contributed by atoms with van der Waals surface area (Å²) in [6.45, 7) is 1.39. The van der Waals surface area contributed by atoms with E-state index in [-0.39, 0.29) is 24.8 Å². The minimum absolute atomic E-state index is 0.0290. The molecule has 0 saturated carbocycles. The van der Waals surface area contributed by atoms with Crippen LogP contribution in [-0.4, -0.2) is 58.9 Å². The number of carbonyl (C=O) groups excluding carboxylic acids is 1. The van der Waals surface area contributed by atoms with Gasteiger partial charge in [-0.05, 0) is 12.1 Å². The Morgan fingerprint density at radius 1 is 1.17 bits per heavy atom. The smallest absolute Gasteiger partial charge is 0.239 e. The van der Waals surface area contributed by atoms with Gasteiger partial charge in [-0.1, -0.05) is 0 Å². The number of benzene rings is 1. The molecule has 0 bridgehead atoms. The van der Waals surface area contributed by atoms with Gasteiger partial charge in [0.15, 0.2) is 17.5 Å². The van der Waals surface area contributed by atoms with Gasteiger partial charge in [0.2, 0.25) is 5.91 Å². The van der Waals surface area contributed by atoms with Crippen molar-refractivity contribution in [2.24, 2.45) is 4.99 Å². The van der Waals surface area contributed by atoms with Crippen molar-refractivity contribution < 1.29 is 23.0 Å². The topological polar surface area (TPSA) is 84.0 Å². The van der Waals surface area contributed by atoms with Gasteiger partial charge >= 0.3 is 0 Å². The minimum Gasteiger partial charge on any atom is -0.489 e. The van der Waals surface area contributed by atoms with Crippen molar-refractivity contribution in [1.29, 1.82) is 0 Å². The van der Waals surface area contributed by atoms with Crippen LogP contribution in [0.15, 0.2) is 23.2 Å². The predicted octanol–water partition coefficient (Wildman–Crippen LogP) is 0.271. The Balaban J connectivity index is 2.23. The van der Waals surface area contributed by atoms with Crippen LogP contribution in [0.3, 0.4) is 0 Å². The second kappa shape index (κ2) is 11.2. The Bertz CT molecular complexity index is 556. The molecule has 9 heteroatoms. The highest BCUT2D eigenvalue weighted by Gasteiger charge is 2.05. The van der Waals surface area contributed by atoms with Crippen LogP contribution in [0.2, 0.25) is 0 Å². The van der Waals surface area contributed by atoms with Crippen LogP contribution in [0.25, 0.3) is 0 Å². The standard InChI is InChI=1S/C15H22F2N4O3/c1-18-15(21-10-14(22)19-5-7-23-2)20-6-8-24-13-4-3-11(16)9-12(13)17/h3-4,9H,5-8,10H2,1-2H3,(H,19,22)(H2,18,20,21). The Morgan fingerprint density at radius 2 is 1.92 bits per heavy atom. The Hall–Kier alpha value is -2.42. The van der Waals surface area contributed by atoms with Gasteiger partial charge in [0.1, 0.15) is 12.4 Å². The lowest BCUT2D eigenvalue weighted by molar-refractivity contribution is -0.120. The summed E-state index contributed by atoms with van der Waals surface area (Å²) in [5, 5.41) is 8.38. The van der Waals surface area contributed by atoms with E-state index in [2.05, 4.69) is 20.9 Å². The molecule has 0 aliphatic heterocycles. The molecule has 1 rings (SSSR count). The molecule has 1 aromatic rings. The second-order valence-electron chi connectivity index (χ2n) is 4.62. The Kier molecular flexibility index (Phi) is 9.13. The van der Waals surface area contributed by atoms with Crippen molar-refractivity contribution in [2.75, 3.05) is 47.0 Å². The first-order valence-corrected chi connectivity index (χ1v) is 7.34. The quantitative estimate of drug-likeness (QED) is 0.340. The molecule has 0 saturated heterocycles. The van der Waals surface area contributed by atoms with Crippen molar-refractivity contribution in [3.8, 4) is 5.75 Å². The molecule has 0 heterocycles. The summed E-state index contributed by atoms with van der Waals surface area (Å²) in [5.74, 6) is -1.24. The number of ether oxygens (including phenoxy) is 2. The Labute approximate surface area is 139 Å². The zero-order valence-corrected chi connectivity index (χ0v) is 13.7. The van der Waals surface area contributed by atoms with Crippen molar-refractivity contribution >= 4 is 11.9 Å². The molecular formula is C15H22F2N4O3. The van der Waals surface area contributed by atoms with E-state index < -0.39 is 11.6 Å². The summed E-state index contributed by atoms with van der Waals surface area (Å²) in [6.07, 6.45) is 0. The summed E-state index contributed by atoms with van der Waals surface area (Å²) in [7, 11) is 3.11. The van der Waals surface area contributed by atoms with Gasteiger partial charge in [0.05, 0.1) is 19.7 Å². The van der Waals surface area contributed by atoms with Gasteiger partial charge in [0, 0.05) is 26.8 Å². The van der Waals surface area contributed by atoms with Gasteiger partial charge in [-0.2, -0.15) is 0 Å². The molecule has 0 aromatic heterocycles. The molecule has 0 unspecified atom stereocenters. The number of amides is 1. The maximum atomic E-state index is 13.4. The van der Waals surface area contributed by atoms with Crippen LogP contribution in [0.4, 0.5) is 8.78 Å².